The van der Waals surface area contributed by atoms with Crippen molar-refractivity contribution in [3.63, 3.8) is 0 Å². The molecule has 0 N–H and O–H groups in total. The van der Waals surface area contributed by atoms with E-state index >= 15 is 0 Å². The Labute approximate surface area is 139 Å². The number of methoxy groups -OCH3 is 2. The van der Waals surface area contributed by atoms with E-state index < -0.39 is 0 Å². The van der Waals surface area contributed by atoms with Crippen LogP contribution in [0.3, 0.4) is 0 Å². The van der Waals surface area contributed by atoms with Gasteiger partial charge in [-0.1, -0.05) is 34.5 Å². The van der Waals surface area contributed by atoms with Gasteiger partial charge in [-0.05, 0) is 41.8 Å². The van der Waals surface area contributed by atoms with E-state index in [4.69, 9.17) is 9.47 Å². The molecule has 22 heavy (non-hydrogen) atoms. The van der Waals surface area contributed by atoms with Crippen LogP contribution in [-0.4, -0.2) is 25.3 Å². The summed E-state index contributed by atoms with van der Waals surface area (Å²) in [6.07, 6.45) is 3.73. The standard InChI is InChI=1S/C18H21BrO3/c1-21-17-11-13-7-8-14(10-15(13)12-18(17)22-2)16(20)6-4-3-5-9-19/h7-8,10-12H,3-6,9H2,1-2H3. The first kappa shape index (κ1) is 16.8. The minimum absolute atomic E-state index is 0.200. The van der Waals surface area contributed by atoms with Crippen LogP contribution in [0.25, 0.3) is 10.8 Å². The summed E-state index contributed by atoms with van der Waals surface area (Å²) in [7, 11) is 3.23. The summed E-state index contributed by atoms with van der Waals surface area (Å²) in [5, 5.41) is 3.02. The highest BCUT2D eigenvalue weighted by atomic mass is 79.9. The first-order valence-electron chi connectivity index (χ1n) is 7.44. The van der Waals surface area contributed by atoms with Gasteiger partial charge < -0.3 is 9.47 Å². The molecule has 0 aliphatic rings. The second kappa shape index (κ2) is 8.18. The molecule has 2 rings (SSSR count). The van der Waals surface area contributed by atoms with Gasteiger partial charge in [0.05, 0.1) is 14.2 Å². The van der Waals surface area contributed by atoms with Gasteiger partial charge in [0.15, 0.2) is 17.3 Å². The molecule has 0 radical (unpaired) electrons. The lowest BCUT2D eigenvalue weighted by molar-refractivity contribution is 0.0979. The van der Waals surface area contributed by atoms with Crippen LogP contribution >= 0.6 is 15.9 Å². The maximum absolute atomic E-state index is 12.3. The van der Waals surface area contributed by atoms with Crippen LogP contribution in [-0.2, 0) is 0 Å². The molecule has 3 nitrogen and oxygen atoms in total. The molecule has 0 saturated carbocycles. The third kappa shape index (κ3) is 4.01. The van der Waals surface area contributed by atoms with E-state index in [0.717, 1.165) is 40.9 Å². The van der Waals surface area contributed by atoms with Gasteiger partial charge in [-0.25, -0.2) is 0 Å². The number of ketones is 1. The van der Waals surface area contributed by atoms with Gasteiger partial charge in [-0.3, -0.25) is 4.79 Å². The minimum Gasteiger partial charge on any atom is -0.493 e. The number of benzene rings is 2. The van der Waals surface area contributed by atoms with Crippen LogP contribution in [0.2, 0.25) is 0 Å². The highest BCUT2D eigenvalue weighted by molar-refractivity contribution is 9.09. The van der Waals surface area contributed by atoms with Crippen LogP contribution in [0.1, 0.15) is 36.0 Å². The van der Waals surface area contributed by atoms with Crippen molar-refractivity contribution in [3.8, 4) is 11.5 Å². The molecule has 0 unspecified atom stereocenters. The molecule has 0 fully saturated rings. The fourth-order valence-corrected chi connectivity index (χ4v) is 2.85. The number of rotatable bonds is 8. The van der Waals surface area contributed by atoms with Gasteiger partial charge in [0.1, 0.15) is 0 Å². The maximum Gasteiger partial charge on any atom is 0.162 e. The number of alkyl halides is 1. The Morgan fingerprint density at radius 1 is 0.955 bits per heavy atom. The van der Waals surface area contributed by atoms with Gasteiger partial charge in [-0.15, -0.1) is 0 Å². The van der Waals surface area contributed by atoms with Crippen molar-refractivity contribution in [1.29, 1.82) is 0 Å². The second-order valence-electron chi connectivity index (χ2n) is 5.19. The molecule has 2 aromatic carbocycles. The van der Waals surface area contributed by atoms with E-state index in [1.165, 1.54) is 0 Å². The molecule has 2 aromatic rings. The van der Waals surface area contributed by atoms with Crippen LogP contribution in [0.5, 0.6) is 11.5 Å². The summed E-state index contributed by atoms with van der Waals surface area (Å²) in [6.45, 7) is 0. The Morgan fingerprint density at radius 3 is 2.27 bits per heavy atom. The summed E-state index contributed by atoms with van der Waals surface area (Å²) in [5.74, 6) is 1.58. The first-order chi connectivity index (χ1) is 10.7. The summed E-state index contributed by atoms with van der Waals surface area (Å²) in [5.41, 5.74) is 0.763. The summed E-state index contributed by atoms with van der Waals surface area (Å²) in [6, 6.07) is 9.63. The third-order valence-corrected chi connectivity index (χ3v) is 4.26. The lowest BCUT2D eigenvalue weighted by Gasteiger charge is -2.10. The number of carbonyl (C=O) groups is 1. The largest absolute Gasteiger partial charge is 0.493 e. The molecule has 0 amide bonds. The van der Waals surface area contributed by atoms with Gasteiger partial charge in [0, 0.05) is 17.3 Å². The number of halogens is 1. The number of hydrogen-bond donors (Lipinski definition) is 0. The Hall–Kier alpha value is -1.55. The van der Waals surface area contributed by atoms with Crippen LogP contribution < -0.4 is 9.47 Å². The molecular weight excluding hydrogens is 344 g/mol. The molecule has 0 atom stereocenters. The third-order valence-electron chi connectivity index (χ3n) is 3.70. The van der Waals surface area contributed by atoms with Crippen LogP contribution in [0.15, 0.2) is 30.3 Å². The lowest BCUT2D eigenvalue weighted by Crippen LogP contribution is -1.99. The predicted molar refractivity (Wildman–Crippen MR) is 93.6 cm³/mol. The smallest absolute Gasteiger partial charge is 0.162 e. The van der Waals surface area contributed by atoms with Crippen LogP contribution in [0.4, 0.5) is 0 Å². The minimum atomic E-state index is 0.200. The van der Waals surface area contributed by atoms with E-state index in [2.05, 4.69) is 15.9 Å². The quantitative estimate of drug-likeness (QED) is 0.375. The van der Waals surface area contributed by atoms with Gasteiger partial charge in [0.25, 0.3) is 0 Å². The predicted octanol–water partition coefficient (Wildman–Crippen LogP) is 5.00. The van der Waals surface area contributed by atoms with Crippen LogP contribution in [0, 0.1) is 0 Å². The van der Waals surface area contributed by atoms with Gasteiger partial charge >= 0.3 is 0 Å². The monoisotopic (exact) mass is 364 g/mol. The topological polar surface area (TPSA) is 35.5 Å². The molecule has 0 spiro atoms. The number of unbranched alkanes of at least 4 members (excludes halogenated alkanes) is 2. The first-order valence-corrected chi connectivity index (χ1v) is 8.56. The van der Waals surface area contributed by atoms with E-state index in [1.807, 2.05) is 30.3 Å². The average molecular weight is 365 g/mol. The summed E-state index contributed by atoms with van der Waals surface area (Å²) in [4.78, 5) is 12.3. The Bertz CT molecular complexity index is 652. The van der Waals surface area contributed by atoms with Crippen molar-refractivity contribution in [1.82, 2.24) is 0 Å². The van der Waals surface area contributed by atoms with Crippen molar-refractivity contribution >= 4 is 32.5 Å². The molecule has 0 heterocycles. The molecule has 0 aliphatic heterocycles. The van der Waals surface area contributed by atoms with Gasteiger partial charge in [0.2, 0.25) is 0 Å². The van der Waals surface area contributed by atoms with Gasteiger partial charge in [-0.2, -0.15) is 0 Å². The van der Waals surface area contributed by atoms with Crippen molar-refractivity contribution in [2.75, 3.05) is 19.5 Å². The molecule has 4 heteroatoms. The summed E-state index contributed by atoms with van der Waals surface area (Å²) < 4.78 is 10.6. The summed E-state index contributed by atoms with van der Waals surface area (Å²) >= 11 is 3.41. The van der Waals surface area contributed by atoms with Crippen molar-refractivity contribution in [3.05, 3.63) is 35.9 Å². The Kier molecular flexibility index (Phi) is 6.25. The lowest BCUT2D eigenvalue weighted by atomic mass is 10.0. The van der Waals surface area contributed by atoms with Crippen molar-refractivity contribution in [2.45, 2.75) is 25.7 Å². The zero-order valence-electron chi connectivity index (χ0n) is 13.0. The average Bonchev–Trinajstić information content (AvgIpc) is 2.56. The number of ether oxygens (including phenoxy) is 2. The van der Waals surface area contributed by atoms with E-state index in [1.54, 1.807) is 14.2 Å². The Balaban J connectivity index is 2.20. The number of hydrogen-bond acceptors (Lipinski definition) is 3. The normalized spacial score (nSPS) is 10.7. The van der Waals surface area contributed by atoms with E-state index in [9.17, 15) is 4.79 Å². The molecule has 0 bridgehead atoms. The molecular formula is C18H21BrO3. The Morgan fingerprint density at radius 2 is 1.64 bits per heavy atom. The number of Topliss-reactive ketones (excluding diaryl/α,β-unsaturated/α-hetero) is 1. The van der Waals surface area contributed by atoms with E-state index in [0.29, 0.717) is 17.9 Å². The second-order valence-corrected chi connectivity index (χ2v) is 5.98. The highest BCUT2D eigenvalue weighted by Gasteiger charge is 2.10. The number of fused-ring (bicyclic) bond motifs is 1. The SMILES string of the molecule is COc1cc2ccc(C(=O)CCCCCBr)cc2cc1OC. The molecule has 118 valence electrons. The molecule has 0 aromatic heterocycles. The highest BCUT2D eigenvalue weighted by Crippen LogP contribution is 2.32. The maximum atomic E-state index is 12.3. The molecule has 0 saturated heterocycles. The zero-order chi connectivity index (χ0) is 15.9. The van der Waals surface area contributed by atoms with Crippen molar-refractivity contribution in [2.24, 2.45) is 0 Å². The zero-order valence-corrected chi connectivity index (χ0v) is 14.6. The number of carbonyl (C=O) groups excluding carboxylic acids is 1. The fourth-order valence-electron chi connectivity index (χ4n) is 2.45. The van der Waals surface area contributed by atoms with Crippen molar-refractivity contribution < 1.29 is 14.3 Å². The fraction of sp³-hybridized carbons (Fsp3) is 0.389. The molecule has 0 aliphatic carbocycles. The van der Waals surface area contributed by atoms with E-state index in [-0.39, 0.29) is 5.78 Å².